The fourth-order valence-electron chi connectivity index (χ4n) is 3.31. The molecule has 0 amide bonds. The molecular weight excluding hydrogens is 276 g/mol. The van der Waals surface area contributed by atoms with Gasteiger partial charge in [0.2, 0.25) is 0 Å². The second kappa shape index (κ2) is 6.41. The van der Waals surface area contributed by atoms with Crippen molar-refractivity contribution >= 4 is 0 Å². The third-order valence-corrected chi connectivity index (χ3v) is 4.58. The first-order chi connectivity index (χ1) is 10.7. The number of rotatable bonds is 2. The van der Waals surface area contributed by atoms with E-state index in [-0.39, 0.29) is 16.9 Å². The predicted octanol–water partition coefficient (Wildman–Crippen LogP) is 3.97. The summed E-state index contributed by atoms with van der Waals surface area (Å²) in [6.07, 6.45) is 4.42. The highest BCUT2D eigenvalue weighted by Crippen LogP contribution is 2.39. The molecule has 0 bridgehead atoms. The van der Waals surface area contributed by atoms with Crippen LogP contribution in [-0.4, -0.2) is 23.4 Å². The van der Waals surface area contributed by atoms with E-state index in [9.17, 15) is 10.2 Å². The van der Waals surface area contributed by atoms with Crippen LogP contribution in [0, 0.1) is 0 Å². The number of phenolic OH excluding ortho intramolecular Hbond substituents is 2. The number of hydrogen-bond donors (Lipinski definition) is 2. The quantitative estimate of drug-likeness (QED) is 0.882. The van der Waals surface area contributed by atoms with Gasteiger partial charge in [-0.3, -0.25) is 0 Å². The molecule has 0 unspecified atom stereocenters. The molecule has 1 aliphatic rings. The molecule has 1 saturated heterocycles. The largest absolute Gasteiger partial charge is 0.508 e. The van der Waals surface area contributed by atoms with E-state index in [1.165, 1.54) is 0 Å². The minimum Gasteiger partial charge on any atom is -0.508 e. The molecule has 2 aromatic rings. The highest BCUT2D eigenvalue weighted by Gasteiger charge is 2.35. The molecule has 22 heavy (non-hydrogen) atoms. The molecule has 116 valence electrons. The minimum absolute atomic E-state index is 0.220. The Bertz CT molecular complexity index is 546. The molecule has 0 radical (unpaired) electrons. The van der Waals surface area contributed by atoms with E-state index in [1.54, 1.807) is 24.3 Å². The van der Waals surface area contributed by atoms with Gasteiger partial charge in [-0.05, 0) is 48.2 Å². The van der Waals surface area contributed by atoms with Crippen LogP contribution >= 0.6 is 0 Å². The molecule has 0 atom stereocenters. The molecule has 3 heteroatoms. The highest BCUT2D eigenvalue weighted by molar-refractivity contribution is 5.43. The van der Waals surface area contributed by atoms with Gasteiger partial charge in [-0.1, -0.05) is 37.1 Å². The Morgan fingerprint density at radius 1 is 0.727 bits per heavy atom. The van der Waals surface area contributed by atoms with E-state index in [2.05, 4.69) is 0 Å². The van der Waals surface area contributed by atoms with E-state index < -0.39 is 0 Å². The zero-order chi connectivity index (χ0) is 15.4. The van der Waals surface area contributed by atoms with Crippen molar-refractivity contribution < 1.29 is 14.9 Å². The van der Waals surface area contributed by atoms with Crippen LogP contribution in [-0.2, 0) is 10.2 Å². The van der Waals surface area contributed by atoms with Crippen molar-refractivity contribution in [3.63, 3.8) is 0 Å². The maximum absolute atomic E-state index is 9.58. The van der Waals surface area contributed by atoms with E-state index >= 15 is 0 Å². The monoisotopic (exact) mass is 298 g/mol. The van der Waals surface area contributed by atoms with Crippen molar-refractivity contribution in [3.8, 4) is 11.5 Å². The second-order valence-corrected chi connectivity index (χ2v) is 6.04. The van der Waals surface area contributed by atoms with Gasteiger partial charge in [0.15, 0.2) is 0 Å². The van der Waals surface area contributed by atoms with Gasteiger partial charge in [-0.15, -0.1) is 0 Å². The van der Waals surface area contributed by atoms with Crippen molar-refractivity contribution in [3.05, 3.63) is 59.7 Å². The van der Waals surface area contributed by atoms with Crippen molar-refractivity contribution in [1.82, 2.24) is 0 Å². The summed E-state index contributed by atoms with van der Waals surface area (Å²) in [5, 5.41) is 19.2. The lowest BCUT2D eigenvalue weighted by atomic mass is 9.71. The van der Waals surface area contributed by atoms with Crippen LogP contribution in [0.5, 0.6) is 11.5 Å². The van der Waals surface area contributed by atoms with Gasteiger partial charge in [0.05, 0.1) is 6.61 Å². The molecule has 1 aliphatic heterocycles. The molecule has 2 aromatic carbocycles. The Kier molecular flexibility index (Phi) is 4.34. The Hall–Kier alpha value is -2.00. The predicted molar refractivity (Wildman–Crippen MR) is 86.3 cm³/mol. The minimum atomic E-state index is -0.220. The number of benzene rings is 2. The molecule has 0 aliphatic carbocycles. The Morgan fingerprint density at radius 2 is 1.27 bits per heavy atom. The topological polar surface area (TPSA) is 49.7 Å². The first-order valence-corrected chi connectivity index (χ1v) is 7.87. The summed E-state index contributed by atoms with van der Waals surface area (Å²) in [5.74, 6) is 0.549. The number of hydrogen-bond acceptors (Lipinski definition) is 3. The lowest BCUT2D eigenvalue weighted by molar-refractivity contribution is 0.0769. The standard InChI is InChI=1S/C19H22O3/c20-17-8-4-15(5-9-17)19(12-2-1-3-13-22-14-19)16-6-10-18(21)11-7-16/h4-11,20-21H,1-3,12-14H2. The SMILES string of the molecule is Oc1ccc(C2(c3ccc(O)cc3)CCCCCOC2)cc1. The van der Waals surface area contributed by atoms with E-state index in [4.69, 9.17) is 4.74 Å². The first kappa shape index (κ1) is 14.9. The smallest absolute Gasteiger partial charge is 0.115 e. The molecule has 1 heterocycles. The van der Waals surface area contributed by atoms with Gasteiger partial charge < -0.3 is 14.9 Å². The Labute approximate surface area is 131 Å². The van der Waals surface area contributed by atoms with Crippen LogP contribution < -0.4 is 0 Å². The summed E-state index contributed by atoms with van der Waals surface area (Å²) < 4.78 is 5.93. The van der Waals surface area contributed by atoms with Gasteiger partial charge in [0.25, 0.3) is 0 Å². The second-order valence-electron chi connectivity index (χ2n) is 6.04. The first-order valence-electron chi connectivity index (χ1n) is 7.87. The summed E-state index contributed by atoms with van der Waals surface area (Å²) in [6.45, 7) is 1.42. The maximum Gasteiger partial charge on any atom is 0.115 e. The zero-order valence-electron chi connectivity index (χ0n) is 12.7. The van der Waals surface area contributed by atoms with Crippen LogP contribution in [0.4, 0.5) is 0 Å². The number of aromatic hydroxyl groups is 2. The molecule has 1 fully saturated rings. The van der Waals surface area contributed by atoms with Crippen molar-refractivity contribution in [2.45, 2.75) is 31.1 Å². The van der Waals surface area contributed by atoms with Crippen molar-refractivity contribution in [2.24, 2.45) is 0 Å². The van der Waals surface area contributed by atoms with Crippen molar-refractivity contribution in [1.29, 1.82) is 0 Å². The average Bonchev–Trinajstić information content (AvgIpc) is 2.50. The number of ether oxygens (including phenoxy) is 1. The number of phenols is 2. The van der Waals surface area contributed by atoms with Gasteiger partial charge in [0, 0.05) is 12.0 Å². The zero-order valence-corrected chi connectivity index (χ0v) is 12.7. The van der Waals surface area contributed by atoms with Crippen LogP contribution in [0.3, 0.4) is 0 Å². The van der Waals surface area contributed by atoms with Gasteiger partial charge >= 0.3 is 0 Å². The Morgan fingerprint density at radius 3 is 1.82 bits per heavy atom. The molecule has 2 N–H and O–H groups in total. The molecule has 0 saturated carbocycles. The van der Waals surface area contributed by atoms with E-state index in [0.717, 1.165) is 43.4 Å². The van der Waals surface area contributed by atoms with Crippen LogP contribution in [0.2, 0.25) is 0 Å². The molecule has 3 nitrogen and oxygen atoms in total. The van der Waals surface area contributed by atoms with Crippen molar-refractivity contribution in [2.75, 3.05) is 13.2 Å². The van der Waals surface area contributed by atoms with Crippen LogP contribution in [0.1, 0.15) is 36.8 Å². The third-order valence-electron chi connectivity index (χ3n) is 4.58. The Balaban J connectivity index is 2.07. The molecular formula is C19H22O3. The van der Waals surface area contributed by atoms with Gasteiger partial charge in [0.1, 0.15) is 11.5 Å². The molecule has 0 aromatic heterocycles. The fraction of sp³-hybridized carbons (Fsp3) is 0.368. The van der Waals surface area contributed by atoms with Gasteiger partial charge in [-0.25, -0.2) is 0 Å². The normalized spacial score (nSPS) is 18.4. The lowest BCUT2D eigenvalue weighted by Crippen LogP contribution is -2.34. The van der Waals surface area contributed by atoms with E-state index in [1.807, 2.05) is 24.3 Å². The summed E-state index contributed by atoms with van der Waals surface area (Å²) in [5.41, 5.74) is 2.08. The maximum atomic E-state index is 9.58. The summed E-state index contributed by atoms with van der Waals surface area (Å²) in [4.78, 5) is 0. The molecule has 3 rings (SSSR count). The summed E-state index contributed by atoms with van der Waals surface area (Å²) >= 11 is 0. The van der Waals surface area contributed by atoms with Gasteiger partial charge in [-0.2, -0.15) is 0 Å². The fourth-order valence-corrected chi connectivity index (χ4v) is 3.31. The van der Waals surface area contributed by atoms with Crippen LogP contribution in [0.15, 0.2) is 48.5 Å². The summed E-state index contributed by atoms with van der Waals surface area (Å²) in [7, 11) is 0. The molecule has 0 spiro atoms. The summed E-state index contributed by atoms with van der Waals surface area (Å²) in [6, 6.07) is 14.8. The van der Waals surface area contributed by atoms with E-state index in [0.29, 0.717) is 6.61 Å². The third kappa shape index (κ3) is 2.95. The van der Waals surface area contributed by atoms with Crippen LogP contribution in [0.25, 0.3) is 0 Å². The highest BCUT2D eigenvalue weighted by atomic mass is 16.5. The average molecular weight is 298 g/mol. The lowest BCUT2D eigenvalue weighted by Gasteiger charge is -2.36.